The van der Waals surface area contributed by atoms with Gasteiger partial charge < -0.3 is 14.8 Å². The SMILES string of the molecule is COC(=O)[C@H](CS/C=C/c1ccc(C(F)(F)F)cc1)NC(=O)OC(C)(C)C. The van der Waals surface area contributed by atoms with Gasteiger partial charge in [-0.1, -0.05) is 12.1 Å². The summed E-state index contributed by atoms with van der Waals surface area (Å²) in [7, 11) is 1.20. The number of alkyl halides is 3. The van der Waals surface area contributed by atoms with E-state index in [0.29, 0.717) is 5.56 Å². The molecule has 0 heterocycles. The summed E-state index contributed by atoms with van der Waals surface area (Å²) < 4.78 is 47.3. The normalized spacial score (nSPS) is 13.3. The molecule has 1 atom stereocenters. The predicted molar refractivity (Wildman–Crippen MR) is 98.1 cm³/mol. The van der Waals surface area contributed by atoms with Crippen LogP contribution in [0, 0.1) is 0 Å². The standard InChI is InChI=1S/C18H22F3NO4S/c1-17(2,3)26-16(24)22-14(15(23)25-4)11-27-10-9-12-5-7-13(8-6-12)18(19,20)21/h5-10,14H,11H2,1-4H3,(H,22,24)/b10-9+/t14-/m0/s1. The summed E-state index contributed by atoms with van der Waals surface area (Å²) in [5, 5.41) is 4.05. The van der Waals surface area contributed by atoms with E-state index >= 15 is 0 Å². The van der Waals surface area contributed by atoms with Crippen LogP contribution in [0.5, 0.6) is 0 Å². The first-order chi connectivity index (χ1) is 12.4. The molecular weight excluding hydrogens is 383 g/mol. The van der Waals surface area contributed by atoms with Crippen LogP contribution in [0.2, 0.25) is 0 Å². The molecule has 1 rings (SSSR count). The van der Waals surface area contributed by atoms with E-state index in [9.17, 15) is 22.8 Å². The van der Waals surface area contributed by atoms with Gasteiger partial charge in [-0.15, -0.1) is 11.8 Å². The van der Waals surface area contributed by atoms with E-state index in [4.69, 9.17) is 4.74 Å². The summed E-state index contributed by atoms with van der Waals surface area (Å²) in [5.41, 5.74) is -0.856. The molecule has 9 heteroatoms. The first-order valence-corrected chi connectivity index (χ1v) is 9.00. The third kappa shape index (κ3) is 8.85. The maximum atomic E-state index is 12.5. The van der Waals surface area contributed by atoms with Crippen LogP contribution in [0.4, 0.5) is 18.0 Å². The van der Waals surface area contributed by atoms with Crippen LogP contribution in [-0.2, 0) is 20.4 Å². The number of benzene rings is 1. The van der Waals surface area contributed by atoms with E-state index in [1.165, 1.54) is 31.0 Å². The van der Waals surface area contributed by atoms with Crippen molar-refractivity contribution in [1.29, 1.82) is 0 Å². The maximum absolute atomic E-state index is 12.5. The number of carbonyl (C=O) groups excluding carboxylic acids is 2. The fraction of sp³-hybridized carbons (Fsp3) is 0.444. The molecule has 0 aliphatic rings. The van der Waals surface area contributed by atoms with E-state index in [1.54, 1.807) is 32.3 Å². The van der Waals surface area contributed by atoms with Gasteiger partial charge in [-0.3, -0.25) is 0 Å². The number of thioether (sulfide) groups is 1. The van der Waals surface area contributed by atoms with Crippen LogP contribution in [0.25, 0.3) is 6.08 Å². The van der Waals surface area contributed by atoms with Crippen LogP contribution in [-0.4, -0.2) is 36.6 Å². The number of methoxy groups -OCH3 is 1. The minimum absolute atomic E-state index is 0.170. The minimum atomic E-state index is -4.38. The van der Waals surface area contributed by atoms with Gasteiger partial charge in [-0.05, 0) is 50.0 Å². The van der Waals surface area contributed by atoms with E-state index in [2.05, 4.69) is 10.1 Å². The number of amides is 1. The quantitative estimate of drug-likeness (QED) is 0.707. The third-order valence-electron chi connectivity index (χ3n) is 3.03. The zero-order valence-electron chi connectivity index (χ0n) is 15.4. The lowest BCUT2D eigenvalue weighted by Crippen LogP contribution is -2.45. The molecule has 5 nitrogen and oxygen atoms in total. The highest BCUT2D eigenvalue weighted by atomic mass is 32.2. The van der Waals surface area contributed by atoms with Gasteiger partial charge >= 0.3 is 18.2 Å². The van der Waals surface area contributed by atoms with Crippen molar-refractivity contribution in [3.63, 3.8) is 0 Å². The monoisotopic (exact) mass is 405 g/mol. The van der Waals surface area contributed by atoms with Crippen LogP contribution < -0.4 is 5.32 Å². The Bertz CT molecular complexity index is 667. The summed E-state index contributed by atoms with van der Waals surface area (Å²) >= 11 is 1.20. The molecule has 0 aromatic heterocycles. The summed E-state index contributed by atoms with van der Waals surface area (Å²) in [5.74, 6) is -0.459. The molecular formula is C18H22F3NO4S. The second kappa shape index (κ2) is 9.68. The fourth-order valence-corrected chi connectivity index (χ4v) is 2.60. The van der Waals surface area contributed by atoms with Crippen molar-refractivity contribution in [2.75, 3.05) is 12.9 Å². The number of ether oxygens (including phenoxy) is 2. The Morgan fingerprint density at radius 2 is 1.78 bits per heavy atom. The second-order valence-electron chi connectivity index (χ2n) is 6.48. The van der Waals surface area contributed by atoms with Gasteiger partial charge in [0, 0.05) is 5.75 Å². The van der Waals surface area contributed by atoms with Crippen molar-refractivity contribution in [1.82, 2.24) is 5.32 Å². The largest absolute Gasteiger partial charge is 0.467 e. The predicted octanol–water partition coefficient (Wildman–Crippen LogP) is 4.48. The van der Waals surface area contributed by atoms with Crippen LogP contribution in [0.3, 0.4) is 0 Å². The lowest BCUT2D eigenvalue weighted by atomic mass is 10.1. The van der Waals surface area contributed by atoms with Crippen LogP contribution in [0.15, 0.2) is 29.7 Å². The first-order valence-electron chi connectivity index (χ1n) is 7.95. The molecule has 0 bridgehead atoms. The Morgan fingerprint density at radius 3 is 2.26 bits per heavy atom. The van der Waals surface area contributed by atoms with Crippen molar-refractivity contribution < 1.29 is 32.2 Å². The zero-order chi connectivity index (χ0) is 20.7. The fourth-order valence-electron chi connectivity index (χ4n) is 1.82. The number of rotatable bonds is 6. The highest BCUT2D eigenvalue weighted by Gasteiger charge is 2.29. The van der Waals surface area contributed by atoms with E-state index < -0.39 is 35.4 Å². The number of alkyl carbamates (subject to hydrolysis) is 1. The van der Waals surface area contributed by atoms with E-state index in [0.717, 1.165) is 12.1 Å². The average molecular weight is 405 g/mol. The molecule has 0 saturated heterocycles. The minimum Gasteiger partial charge on any atom is -0.467 e. The molecule has 0 fully saturated rings. The molecule has 1 aromatic carbocycles. The van der Waals surface area contributed by atoms with Gasteiger partial charge in [0.2, 0.25) is 0 Å². The molecule has 0 spiro atoms. The smallest absolute Gasteiger partial charge is 0.416 e. The van der Waals surface area contributed by atoms with Gasteiger partial charge in [0.15, 0.2) is 0 Å². The van der Waals surface area contributed by atoms with Gasteiger partial charge in [-0.25, -0.2) is 9.59 Å². The summed E-state index contributed by atoms with van der Waals surface area (Å²) in [6.07, 6.45) is -3.52. The molecule has 0 saturated carbocycles. The molecule has 1 N–H and O–H groups in total. The van der Waals surface area contributed by atoms with Crippen LogP contribution >= 0.6 is 11.8 Å². The lowest BCUT2D eigenvalue weighted by Gasteiger charge is -2.22. The summed E-state index contributed by atoms with van der Waals surface area (Å²) in [4.78, 5) is 23.6. The Labute approximate surface area is 160 Å². The Morgan fingerprint density at radius 1 is 1.19 bits per heavy atom. The van der Waals surface area contributed by atoms with Crippen LogP contribution in [0.1, 0.15) is 31.9 Å². The van der Waals surface area contributed by atoms with Crippen molar-refractivity contribution >= 4 is 29.9 Å². The summed E-state index contributed by atoms with van der Waals surface area (Å²) in [6.45, 7) is 5.09. The lowest BCUT2D eigenvalue weighted by molar-refractivity contribution is -0.142. The van der Waals surface area contributed by atoms with E-state index in [-0.39, 0.29) is 5.75 Å². The number of halogens is 3. The Hall–Kier alpha value is -2.16. The van der Waals surface area contributed by atoms with E-state index in [1.807, 2.05) is 0 Å². The van der Waals surface area contributed by atoms with Gasteiger partial charge in [-0.2, -0.15) is 13.2 Å². The highest BCUT2D eigenvalue weighted by molar-refractivity contribution is 8.02. The molecule has 27 heavy (non-hydrogen) atoms. The molecule has 0 radical (unpaired) electrons. The molecule has 0 aliphatic heterocycles. The number of hydrogen-bond acceptors (Lipinski definition) is 5. The molecule has 1 amide bonds. The van der Waals surface area contributed by atoms with Gasteiger partial charge in [0.05, 0.1) is 12.7 Å². The van der Waals surface area contributed by atoms with Crippen molar-refractivity contribution in [3.8, 4) is 0 Å². The van der Waals surface area contributed by atoms with Gasteiger partial charge in [0.1, 0.15) is 11.6 Å². The van der Waals surface area contributed by atoms with Crippen molar-refractivity contribution in [3.05, 3.63) is 40.8 Å². The molecule has 150 valence electrons. The topological polar surface area (TPSA) is 64.6 Å². The maximum Gasteiger partial charge on any atom is 0.416 e. The number of hydrogen-bond donors (Lipinski definition) is 1. The molecule has 0 unspecified atom stereocenters. The summed E-state index contributed by atoms with van der Waals surface area (Å²) in [6, 6.07) is 3.75. The highest BCUT2D eigenvalue weighted by Crippen LogP contribution is 2.29. The van der Waals surface area contributed by atoms with Gasteiger partial charge in [0.25, 0.3) is 0 Å². The molecule has 1 aromatic rings. The zero-order valence-corrected chi connectivity index (χ0v) is 16.2. The Kier molecular flexibility index (Phi) is 8.20. The number of carbonyl (C=O) groups is 2. The Balaban J connectivity index is 2.61. The molecule has 0 aliphatic carbocycles. The number of esters is 1. The second-order valence-corrected chi connectivity index (χ2v) is 7.42. The average Bonchev–Trinajstić information content (AvgIpc) is 2.54. The first kappa shape index (κ1) is 22.9. The van der Waals surface area contributed by atoms with Crippen molar-refractivity contribution in [2.24, 2.45) is 0 Å². The number of nitrogens with one attached hydrogen (secondary N) is 1. The van der Waals surface area contributed by atoms with Crippen molar-refractivity contribution in [2.45, 2.75) is 38.6 Å². The third-order valence-corrected chi connectivity index (χ3v) is 3.89.